The molecule has 0 unspecified atom stereocenters. The van der Waals surface area contributed by atoms with Crippen molar-refractivity contribution in [2.75, 3.05) is 0 Å². The molecule has 0 bridgehead atoms. The molecule has 0 spiro atoms. The van der Waals surface area contributed by atoms with Gasteiger partial charge in [-0.1, -0.05) is 105 Å². The second-order valence-corrected chi connectivity index (χ2v) is 12.4. The summed E-state index contributed by atoms with van der Waals surface area (Å²) in [6, 6.07) is 42.8. The fourth-order valence-corrected chi connectivity index (χ4v) is 8.50. The number of para-hydroxylation sites is 1. The van der Waals surface area contributed by atoms with E-state index >= 15 is 0 Å². The quantitative estimate of drug-likeness (QED) is 0.205. The lowest BCUT2D eigenvalue weighted by Gasteiger charge is -2.22. The molecule has 0 N–H and O–H groups in total. The SMILES string of the molecule is CC1(C)c2ccccc2-c2ccc(-n3c4ccccc4c4c5sc6ccccc6c5c5ccccc5c43)cc21. The highest BCUT2D eigenvalue weighted by Crippen LogP contribution is 2.51. The van der Waals surface area contributed by atoms with E-state index in [1.165, 1.54) is 80.7 Å². The minimum absolute atomic E-state index is 0.0402. The van der Waals surface area contributed by atoms with Gasteiger partial charge in [0.2, 0.25) is 0 Å². The largest absolute Gasteiger partial charge is 0.309 e. The van der Waals surface area contributed by atoms with Gasteiger partial charge in [-0.05, 0) is 51.9 Å². The first kappa shape index (κ1) is 21.5. The summed E-state index contributed by atoms with van der Waals surface area (Å²) < 4.78 is 5.25. The highest BCUT2D eigenvalue weighted by molar-refractivity contribution is 7.27. The number of thiophene rings is 1. The zero-order chi connectivity index (χ0) is 25.9. The maximum Gasteiger partial charge on any atom is 0.0634 e. The Morgan fingerprint density at radius 3 is 2.10 bits per heavy atom. The van der Waals surface area contributed by atoms with Gasteiger partial charge in [0.25, 0.3) is 0 Å². The van der Waals surface area contributed by atoms with Crippen molar-refractivity contribution < 1.29 is 0 Å². The molecule has 39 heavy (non-hydrogen) atoms. The summed E-state index contributed by atoms with van der Waals surface area (Å²) >= 11 is 1.93. The van der Waals surface area contributed by atoms with E-state index in [2.05, 4.69) is 134 Å². The van der Waals surface area contributed by atoms with Crippen LogP contribution in [0.25, 0.3) is 69.6 Å². The summed E-state index contributed by atoms with van der Waals surface area (Å²) in [7, 11) is 0. The molecule has 8 aromatic rings. The van der Waals surface area contributed by atoms with Crippen LogP contribution in [0.3, 0.4) is 0 Å². The Balaban J connectivity index is 1.48. The average Bonchev–Trinajstić information content (AvgIpc) is 3.60. The van der Waals surface area contributed by atoms with E-state index in [0.717, 1.165) is 0 Å². The van der Waals surface area contributed by atoms with Crippen molar-refractivity contribution >= 4 is 64.1 Å². The number of hydrogen-bond donors (Lipinski definition) is 0. The number of nitrogens with zero attached hydrogens (tertiary/aromatic N) is 1. The van der Waals surface area contributed by atoms with Gasteiger partial charge in [-0.2, -0.15) is 0 Å². The lowest BCUT2D eigenvalue weighted by Crippen LogP contribution is -2.15. The van der Waals surface area contributed by atoms with Crippen molar-refractivity contribution in [2.24, 2.45) is 0 Å². The molecule has 1 aliphatic rings. The lowest BCUT2D eigenvalue weighted by molar-refractivity contribution is 0.660. The van der Waals surface area contributed by atoms with Gasteiger partial charge in [-0.15, -0.1) is 11.3 Å². The van der Waals surface area contributed by atoms with Crippen molar-refractivity contribution in [3.63, 3.8) is 0 Å². The molecule has 0 saturated carbocycles. The molecular weight excluding hydrogens is 490 g/mol. The van der Waals surface area contributed by atoms with Gasteiger partial charge >= 0.3 is 0 Å². The summed E-state index contributed by atoms with van der Waals surface area (Å²) in [5.74, 6) is 0. The number of hydrogen-bond acceptors (Lipinski definition) is 1. The highest BCUT2D eigenvalue weighted by Gasteiger charge is 2.35. The van der Waals surface area contributed by atoms with Gasteiger partial charge in [-0.25, -0.2) is 0 Å². The Labute approximate surface area is 230 Å². The van der Waals surface area contributed by atoms with Gasteiger partial charge in [0.05, 0.1) is 11.0 Å². The summed E-state index contributed by atoms with van der Waals surface area (Å²) in [4.78, 5) is 0. The van der Waals surface area contributed by atoms with Crippen LogP contribution >= 0.6 is 11.3 Å². The molecule has 184 valence electrons. The first-order valence-electron chi connectivity index (χ1n) is 13.6. The van der Waals surface area contributed by atoms with Gasteiger partial charge in [0.1, 0.15) is 0 Å². The lowest BCUT2D eigenvalue weighted by atomic mass is 9.82. The van der Waals surface area contributed by atoms with E-state index in [4.69, 9.17) is 0 Å². The Kier molecular flexibility index (Phi) is 4.07. The first-order valence-corrected chi connectivity index (χ1v) is 14.4. The van der Waals surface area contributed by atoms with E-state index in [-0.39, 0.29) is 5.41 Å². The number of rotatable bonds is 1. The fraction of sp³-hybridized carbons (Fsp3) is 0.0811. The van der Waals surface area contributed by atoms with Crippen LogP contribution in [0.2, 0.25) is 0 Å². The second-order valence-electron chi connectivity index (χ2n) is 11.3. The minimum atomic E-state index is -0.0402. The molecule has 2 heteroatoms. The molecule has 0 saturated heterocycles. The molecule has 1 nitrogen and oxygen atoms in total. The maximum absolute atomic E-state index is 2.52. The van der Waals surface area contributed by atoms with E-state index < -0.39 is 0 Å². The minimum Gasteiger partial charge on any atom is -0.309 e. The molecule has 0 aliphatic heterocycles. The number of aromatic nitrogens is 1. The van der Waals surface area contributed by atoms with Crippen LogP contribution in [0, 0.1) is 0 Å². The zero-order valence-corrected chi connectivity index (χ0v) is 22.6. The molecule has 1 aliphatic carbocycles. The molecule has 9 rings (SSSR count). The fourth-order valence-electron chi connectivity index (χ4n) is 7.22. The van der Waals surface area contributed by atoms with E-state index in [1.807, 2.05) is 11.3 Å². The molecule has 0 fully saturated rings. The smallest absolute Gasteiger partial charge is 0.0634 e. The Morgan fingerprint density at radius 2 is 1.23 bits per heavy atom. The summed E-state index contributed by atoms with van der Waals surface area (Å²) in [5, 5.41) is 8.05. The predicted molar refractivity (Wildman–Crippen MR) is 169 cm³/mol. The Bertz CT molecular complexity index is 2310. The third kappa shape index (κ3) is 2.65. The van der Waals surface area contributed by atoms with E-state index in [0.29, 0.717) is 0 Å². The van der Waals surface area contributed by atoms with Crippen molar-refractivity contribution in [3.05, 3.63) is 126 Å². The highest BCUT2D eigenvalue weighted by atomic mass is 32.1. The topological polar surface area (TPSA) is 4.93 Å². The third-order valence-corrected chi connectivity index (χ3v) is 10.2. The van der Waals surface area contributed by atoms with Gasteiger partial charge in [0, 0.05) is 47.4 Å². The monoisotopic (exact) mass is 515 g/mol. The van der Waals surface area contributed by atoms with E-state index in [1.54, 1.807) is 0 Å². The standard InChI is InChI=1S/C37H25NS/c1-37(2)29-16-8-5-11-23(29)24-20-19-22(21-30(24)37)38-31-17-9-6-14-27(31)34-35(38)26-13-4-3-12-25(26)33-28-15-7-10-18-32(28)39-36(33)34/h3-21H,1-2H3. The molecule has 6 aromatic carbocycles. The average molecular weight is 516 g/mol. The third-order valence-electron chi connectivity index (χ3n) is 8.97. The van der Waals surface area contributed by atoms with Crippen LogP contribution in [-0.2, 0) is 5.41 Å². The summed E-state index contributed by atoms with van der Waals surface area (Å²) in [6.07, 6.45) is 0. The van der Waals surface area contributed by atoms with Crippen LogP contribution in [0.1, 0.15) is 25.0 Å². The van der Waals surface area contributed by atoms with Crippen molar-refractivity contribution in [1.29, 1.82) is 0 Å². The van der Waals surface area contributed by atoms with Gasteiger partial charge in [0.15, 0.2) is 0 Å². The summed E-state index contributed by atoms with van der Waals surface area (Å²) in [5.41, 5.74) is 9.29. The zero-order valence-electron chi connectivity index (χ0n) is 21.8. The second kappa shape index (κ2) is 7.37. The molecular formula is C37H25NS. The van der Waals surface area contributed by atoms with Crippen LogP contribution < -0.4 is 0 Å². The molecule has 2 aromatic heterocycles. The Morgan fingerprint density at radius 1 is 0.564 bits per heavy atom. The van der Waals surface area contributed by atoms with E-state index in [9.17, 15) is 0 Å². The van der Waals surface area contributed by atoms with Crippen molar-refractivity contribution in [3.8, 4) is 16.8 Å². The molecule has 2 heterocycles. The normalized spacial score (nSPS) is 14.1. The predicted octanol–water partition coefficient (Wildman–Crippen LogP) is 10.6. The van der Waals surface area contributed by atoms with Gasteiger partial charge < -0.3 is 4.57 Å². The number of benzene rings is 6. The maximum atomic E-state index is 2.52. The van der Waals surface area contributed by atoms with Crippen LogP contribution in [0.4, 0.5) is 0 Å². The number of fused-ring (bicyclic) bond motifs is 13. The van der Waals surface area contributed by atoms with Crippen LogP contribution in [0.15, 0.2) is 115 Å². The summed E-state index contributed by atoms with van der Waals surface area (Å²) in [6.45, 7) is 4.73. The molecule has 0 atom stereocenters. The van der Waals surface area contributed by atoms with Crippen molar-refractivity contribution in [2.45, 2.75) is 19.3 Å². The van der Waals surface area contributed by atoms with Gasteiger partial charge in [-0.3, -0.25) is 0 Å². The van der Waals surface area contributed by atoms with Crippen molar-refractivity contribution in [1.82, 2.24) is 4.57 Å². The van der Waals surface area contributed by atoms with Crippen LogP contribution in [-0.4, -0.2) is 4.57 Å². The Hall–Kier alpha value is -4.40. The molecule has 0 radical (unpaired) electrons. The van der Waals surface area contributed by atoms with Crippen LogP contribution in [0.5, 0.6) is 0 Å². The molecule has 0 amide bonds. The first-order chi connectivity index (χ1) is 19.1.